The Morgan fingerprint density at radius 3 is 2.59 bits per heavy atom. The second-order valence-electron chi connectivity index (χ2n) is 5.84. The lowest BCUT2D eigenvalue weighted by atomic mass is 10.2. The Labute approximate surface area is 129 Å². The van der Waals surface area contributed by atoms with Gasteiger partial charge in [-0.15, -0.1) is 0 Å². The number of aromatic nitrogens is 5. The van der Waals surface area contributed by atoms with Crippen molar-refractivity contribution in [2.75, 3.05) is 0 Å². The molecule has 1 aromatic carbocycles. The normalized spacial score (nSPS) is 13.5. The summed E-state index contributed by atoms with van der Waals surface area (Å²) in [5, 5.41) is 9.35. The Kier molecular flexibility index (Phi) is 3.06. The highest BCUT2D eigenvalue weighted by Gasteiger charge is 2.23. The summed E-state index contributed by atoms with van der Waals surface area (Å²) in [5.41, 5.74) is 5.02. The lowest BCUT2D eigenvalue weighted by Gasteiger charge is -2.05. The smallest absolute Gasteiger partial charge is 0.147 e. The molecule has 3 aromatic rings. The summed E-state index contributed by atoms with van der Waals surface area (Å²) in [6.45, 7) is 4.62. The van der Waals surface area contributed by atoms with Crippen LogP contribution < -0.4 is 0 Å². The Hall–Kier alpha value is -2.43. The molecule has 4 rings (SSSR count). The largest absolute Gasteiger partial charge is 0.244 e. The lowest BCUT2D eigenvalue weighted by molar-refractivity contribution is 0.628. The van der Waals surface area contributed by atoms with Gasteiger partial charge < -0.3 is 0 Å². The van der Waals surface area contributed by atoms with Crippen molar-refractivity contribution >= 4 is 0 Å². The van der Waals surface area contributed by atoms with Crippen molar-refractivity contribution in [2.45, 2.75) is 39.7 Å². The predicted molar refractivity (Wildman–Crippen MR) is 84.2 cm³/mol. The fraction of sp³-hybridized carbons (Fsp3) is 0.353. The summed E-state index contributed by atoms with van der Waals surface area (Å²) in [6.07, 6.45) is 3.43. The number of benzene rings is 1. The van der Waals surface area contributed by atoms with E-state index < -0.39 is 0 Å². The molecule has 1 aliphatic rings. The van der Waals surface area contributed by atoms with Crippen molar-refractivity contribution in [3.63, 3.8) is 0 Å². The van der Waals surface area contributed by atoms with Crippen molar-refractivity contribution in [2.24, 2.45) is 0 Å². The average Bonchev–Trinajstić information content (AvgIpc) is 3.18. The highest BCUT2D eigenvalue weighted by Crippen LogP contribution is 2.28. The Bertz CT molecular complexity index is 813. The number of rotatable bonds is 3. The van der Waals surface area contributed by atoms with E-state index in [4.69, 9.17) is 5.10 Å². The van der Waals surface area contributed by atoms with Crippen LogP contribution in [0.25, 0.3) is 5.69 Å². The third-order valence-corrected chi connectivity index (χ3v) is 4.28. The molecule has 0 unspecified atom stereocenters. The summed E-state index contributed by atoms with van der Waals surface area (Å²) in [4.78, 5) is 4.38. The number of hydrogen-bond acceptors (Lipinski definition) is 3. The van der Waals surface area contributed by atoms with E-state index in [2.05, 4.69) is 39.0 Å². The monoisotopic (exact) mass is 293 g/mol. The van der Waals surface area contributed by atoms with Gasteiger partial charge in [0.25, 0.3) is 0 Å². The summed E-state index contributed by atoms with van der Waals surface area (Å²) < 4.78 is 4.06. The Morgan fingerprint density at radius 1 is 1.05 bits per heavy atom. The van der Waals surface area contributed by atoms with Crippen molar-refractivity contribution in [1.29, 1.82) is 0 Å². The molecule has 0 amide bonds. The molecule has 5 heteroatoms. The topological polar surface area (TPSA) is 48.5 Å². The van der Waals surface area contributed by atoms with Crippen LogP contribution in [0, 0.1) is 13.8 Å². The minimum Gasteiger partial charge on any atom is -0.244 e. The molecule has 0 radical (unpaired) electrons. The minimum atomic E-state index is 0.703. The molecule has 5 nitrogen and oxygen atoms in total. The van der Waals surface area contributed by atoms with Gasteiger partial charge in [0.15, 0.2) is 0 Å². The van der Waals surface area contributed by atoms with Crippen molar-refractivity contribution < 1.29 is 0 Å². The minimum absolute atomic E-state index is 0.703. The van der Waals surface area contributed by atoms with Gasteiger partial charge in [0.1, 0.15) is 11.6 Å². The average molecular weight is 293 g/mol. The number of fused-ring (bicyclic) bond motifs is 1. The van der Waals surface area contributed by atoms with Crippen LogP contribution in [0.5, 0.6) is 0 Å². The molecule has 0 atom stereocenters. The molecule has 1 aliphatic carbocycles. The van der Waals surface area contributed by atoms with Gasteiger partial charge in [0.05, 0.1) is 17.9 Å². The van der Waals surface area contributed by atoms with E-state index in [0.717, 1.165) is 35.9 Å². The van der Waals surface area contributed by atoms with Gasteiger partial charge in [-0.1, -0.05) is 18.2 Å². The van der Waals surface area contributed by atoms with Crippen molar-refractivity contribution in [3.8, 4) is 5.69 Å². The zero-order valence-electron chi connectivity index (χ0n) is 13.0. The van der Waals surface area contributed by atoms with Crippen LogP contribution in [0.1, 0.15) is 35.0 Å². The maximum atomic E-state index is 4.88. The first kappa shape index (κ1) is 13.2. The first-order valence-electron chi connectivity index (χ1n) is 7.75. The molecule has 0 fully saturated rings. The molecular weight excluding hydrogens is 274 g/mol. The van der Waals surface area contributed by atoms with Gasteiger partial charge >= 0.3 is 0 Å². The summed E-state index contributed by atoms with van der Waals surface area (Å²) in [6, 6.07) is 10.4. The molecule has 0 saturated carbocycles. The summed E-state index contributed by atoms with van der Waals surface area (Å²) in [5.74, 6) is 1.76. The van der Waals surface area contributed by atoms with Crippen LogP contribution in [-0.2, 0) is 19.4 Å². The zero-order chi connectivity index (χ0) is 15.1. The van der Waals surface area contributed by atoms with Crippen LogP contribution in [0.15, 0.2) is 30.3 Å². The van der Waals surface area contributed by atoms with E-state index in [1.54, 1.807) is 0 Å². The molecule has 0 spiro atoms. The number of para-hydroxylation sites is 1. The standard InChI is InChI=1S/C17H19N5/c1-12-18-13(2)21(19-12)11-16-15-9-6-10-17(15)22(20-16)14-7-4-3-5-8-14/h3-5,7-8H,6,9-11H2,1-2H3. The van der Waals surface area contributed by atoms with E-state index in [1.165, 1.54) is 17.7 Å². The summed E-state index contributed by atoms with van der Waals surface area (Å²) in [7, 11) is 0. The molecule has 112 valence electrons. The van der Waals surface area contributed by atoms with E-state index in [1.807, 2.05) is 24.6 Å². The summed E-state index contributed by atoms with van der Waals surface area (Å²) >= 11 is 0. The zero-order valence-corrected chi connectivity index (χ0v) is 13.0. The van der Waals surface area contributed by atoms with Gasteiger partial charge in [0.2, 0.25) is 0 Å². The third-order valence-electron chi connectivity index (χ3n) is 4.28. The Morgan fingerprint density at radius 2 is 1.86 bits per heavy atom. The lowest BCUT2D eigenvalue weighted by Crippen LogP contribution is -2.07. The maximum absolute atomic E-state index is 4.88. The molecule has 0 bridgehead atoms. The van der Waals surface area contributed by atoms with Gasteiger partial charge in [0, 0.05) is 5.69 Å². The second kappa shape index (κ2) is 5.09. The fourth-order valence-electron chi connectivity index (χ4n) is 3.28. The molecular formula is C17H19N5. The van der Waals surface area contributed by atoms with E-state index in [0.29, 0.717) is 6.54 Å². The molecule has 0 aliphatic heterocycles. The third kappa shape index (κ3) is 2.13. The van der Waals surface area contributed by atoms with Crippen LogP contribution >= 0.6 is 0 Å². The van der Waals surface area contributed by atoms with Crippen molar-refractivity contribution in [3.05, 3.63) is 58.9 Å². The fourth-order valence-corrected chi connectivity index (χ4v) is 3.28. The van der Waals surface area contributed by atoms with Crippen LogP contribution in [0.3, 0.4) is 0 Å². The second-order valence-corrected chi connectivity index (χ2v) is 5.84. The van der Waals surface area contributed by atoms with Gasteiger partial charge in [-0.3, -0.25) is 0 Å². The Balaban J connectivity index is 1.77. The molecule has 22 heavy (non-hydrogen) atoms. The number of nitrogens with zero attached hydrogens (tertiary/aromatic N) is 5. The number of hydrogen-bond donors (Lipinski definition) is 0. The first-order chi connectivity index (χ1) is 10.7. The highest BCUT2D eigenvalue weighted by atomic mass is 15.4. The van der Waals surface area contributed by atoms with Crippen molar-refractivity contribution in [1.82, 2.24) is 24.5 Å². The van der Waals surface area contributed by atoms with E-state index in [9.17, 15) is 0 Å². The molecule has 0 N–H and O–H groups in total. The van der Waals surface area contributed by atoms with Crippen LogP contribution in [0.2, 0.25) is 0 Å². The molecule has 0 saturated heterocycles. The first-order valence-corrected chi connectivity index (χ1v) is 7.75. The maximum Gasteiger partial charge on any atom is 0.147 e. The predicted octanol–water partition coefficient (Wildman–Crippen LogP) is 2.62. The van der Waals surface area contributed by atoms with Crippen LogP contribution in [0.4, 0.5) is 0 Å². The van der Waals surface area contributed by atoms with E-state index in [-0.39, 0.29) is 0 Å². The van der Waals surface area contributed by atoms with Crippen LogP contribution in [-0.4, -0.2) is 24.5 Å². The quantitative estimate of drug-likeness (QED) is 0.746. The van der Waals surface area contributed by atoms with Gasteiger partial charge in [-0.05, 0) is 50.8 Å². The molecule has 2 aromatic heterocycles. The number of aryl methyl sites for hydroxylation is 2. The SMILES string of the molecule is Cc1nc(C)n(Cc2nn(-c3ccccc3)c3c2CCC3)n1. The van der Waals surface area contributed by atoms with E-state index >= 15 is 0 Å². The van der Waals surface area contributed by atoms with Gasteiger partial charge in [-0.2, -0.15) is 10.2 Å². The molecule has 2 heterocycles. The van der Waals surface area contributed by atoms with Gasteiger partial charge in [-0.25, -0.2) is 14.3 Å². The highest BCUT2D eigenvalue weighted by molar-refractivity contribution is 5.39.